The summed E-state index contributed by atoms with van der Waals surface area (Å²) in [5, 5.41) is 17.8. The molecule has 1 aliphatic heterocycles. The van der Waals surface area contributed by atoms with Gasteiger partial charge in [-0.1, -0.05) is 0 Å². The molecule has 2 radical (unpaired) electrons. The van der Waals surface area contributed by atoms with E-state index in [4.69, 9.17) is 22.8 Å². The lowest BCUT2D eigenvalue weighted by Gasteiger charge is -2.17. The number of hydrogen-bond donors (Lipinski definition) is 2. The fourth-order valence-corrected chi connectivity index (χ4v) is 1.18. The van der Waals surface area contributed by atoms with Gasteiger partial charge in [0.15, 0.2) is 0 Å². The zero-order valence-corrected chi connectivity index (χ0v) is 5.95. The Labute approximate surface area is 61.4 Å². The van der Waals surface area contributed by atoms with Crippen LogP contribution in [-0.4, -0.2) is 42.4 Å². The van der Waals surface area contributed by atoms with Crippen molar-refractivity contribution in [1.82, 2.24) is 0 Å². The highest BCUT2D eigenvalue weighted by atomic mass is 16.5. The minimum atomic E-state index is -0.771. The van der Waals surface area contributed by atoms with Crippen LogP contribution in [0.25, 0.3) is 0 Å². The maximum Gasteiger partial charge on any atom is 0.113 e. The summed E-state index contributed by atoms with van der Waals surface area (Å²) in [6.07, 6.45) is -0.743. The molecule has 1 rings (SSSR count). The van der Waals surface area contributed by atoms with Crippen molar-refractivity contribution in [2.45, 2.75) is 31.1 Å². The van der Waals surface area contributed by atoms with E-state index in [2.05, 4.69) is 0 Å². The van der Waals surface area contributed by atoms with Crippen LogP contribution in [0.2, 0.25) is 0 Å². The minimum absolute atomic E-state index is 0.173. The Morgan fingerprint density at radius 1 is 1.80 bits per heavy atom. The predicted molar refractivity (Wildman–Crippen MR) is 36.7 cm³/mol. The van der Waals surface area contributed by atoms with Crippen molar-refractivity contribution in [2.24, 2.45) is 0 Å². The molecule has 0 unspecified atom stereocenters. The molecule has 3 atom stereocenters. The Morgan fingerprint density at radius 3 is 2.60 bits per heavy atom. The molecule has 4 heteroatoms. The van der Waals surface area contributed by atoms with E-state index in [9.17, 15) is 0 Å². The summed E-state index contributed by atoms with van der Waals surface area (Å²) in [6.45, 7) is 1.51. The van der Waals surface area contributed by atoms with Crippen LogP contribution in [0.4, 0.5) is 0 Å². The van der Waals surface area contributed by atoms with Crippen molar-refractivity contribution in [2.75, 3.05) is 6.61 Å². The molecule has 1 aliphatic rings. The Bertz CT molecular complexity index is 126. The van der Waals surface area contributed by atoms with Crippen molar-refractivity contribution in [1.29, 1.82) is 0 Å². The molecule has 1 fully saturated rings. The van der Waals surface area contributed by atoms with Crippen molar-refractivity contribution in [3.05, 3.63) is 0 Å². The van der Waals surface area contributed by atoms with E-state index < -0.39 is 17.7 Å². The zero-order chi connectivity index (χ0) is 7.78. The SMILES string of the molecule is [B][C@]1(C)C[C@@H](O)[C@@H](CO)O1. The molecule has 3 nitrogen and oxygen atoms in total. The topological polar surface area (TPSA) is 49.7 Å². The Balaban J connectivity index is 2.52. The molecule has 0 aromatic heterocycles. The molecule has 0 amide bonds. The van der Waals surface area contributed by atoms with Gasteiger partial charge in [-0.05, 0) is 13.3 Å². The second-order valence-electron chi connectivity index (χ2n) is 2.92. The van der Waals surface area contributed by atoms with E-state index >= 15 is 0 Å². The normalized spacial score (nSPS) is 47.9. The third kappa shape index (κ3) is 1.51. The van der Waals surface area contributed by atoms with Gasteiger partial charge in [0, 0.05) is 5.50 Å². The van der Waals surface area contributed by atoms with Gasteiger partial charge in [-0.3, -0.25) is 0 Å². The first-order valence-corrected chi connectivity index (χ1v) is 3.31. The molecule has 0 bridgehead atoms. The fourth-order valence-electron chi connectivity index (χ4n) is 1.18. The third-order valence-electron chi connectivity index (χ3n) is 1.64. The van der Waals surface area contributed by atoms with Gasteiger partial charge >= 0.3 is 0 Å². The lowest BCUT2D eigenvalue weighted by atomic mass is 9.81. The number of ether oxygens (including phenoxy) is 1. The van der Waals surface area contributed by atoms with Gasteiger partial charge in [0.2, 0.25) is 0 Å². The van der Waals surface area contributed by atoms with Gasteiger partial charge < -0.3 is 14.9 Å². The summed E-state index contributed by atoms with van der Waals surface area (Å²) >= 11 is 0. The molecular weight excluding hydrogens is 131 g/mol. The molecule has 0 spiro atoms. The highest BCUT2D eigenvalue weighted by Crippen LogP contribution is 2.26. The monoisotopic (exact) mass is 142 g/mol. The Morgan fingerprint density at radius 2 is 2.40 bits per heavy atom. The lowest BCUT2D eigenvalue weighted by Crippen LogP contribution is -2.27. The van der Waals surface area contributed by atoms with E-state index in [-0.39, 0.29) is 6.61 Å². The molecule has 0 saturated carbocycles. The Hall–Kier alpha value is -0.0551. The minimum Gasteiger partial charge on any atom is -0.394 e. The van der Waals surface area contributed by atoms with Crippen LogP contribution in [0.5, 0.6) is 0 Å². The maximum absolute atomic E-state index is 9.16. The summed E-state index contributed by atoms with van der Waals surface area (Å²) in [5.41, 5.74) is -0.771. The molecule has 2 N–H and O–H groups in total. The molecule has 1 saturated heterocycles. The molecule has 56 valence electrons. The van der Waals surface area contributed by atoms with Crippen molar-refractivity contribution < 1.29 is 14.9 Å². The lowest BCUT2D eigenvalue weighted by molar-refractivity contribution is -0.0308. The van der Waals surface area contributed by atoms with Crippen molar-refractivity contribution >= 4 is 7.85 Å². The molecule has 0 aromatic carbocycles. The number of hydrogen-bond acceptors (Lipinski definition) is 3. The summed E-state index contributed by atoms with van der Waals surface area (Å²) < 4.78 is 5.09. The molecular formula is C6H11BO3. The van der Waals surface area contributed by atoms with Crippen LogP contribution in [0.15, 0.2) is 0 Å². The van der Waals surface area contributed by atoms with E-state index in [1.165, 1.54) is 0 Å². The van der Waals surface area contributed by atoms with Gasteiger partial charge in [-0.25, -0.2) is 0 Å². The molecule has 1 heterocycles. The maximum atomic E-state index is 9.16. The van der Waals surface area contributed by atoms with Crippen LogP contribution in [-0.2, 0) is 4.74 Å². The van der Waals surface area contributed by atoms with Crippen LogP contribution >= 0.6 is 0 Å². The van der Waals surface area contributed by atoms with E-state index in [0.29, 0.717) is 6.42 Å². The van der Waals surface area contributed by atoms with Gasteiger partial charge in [0.1, 0.15) is 14.0 Å². The molecule has 0 aliphatic carbocycles. The first-order chi connectivity index (χ1) is 4.55. The van der Waals surface area contributed by atoms with E-state index in [1.54, 1.807) is 6.92 Å². The third-order valence-corrected chi connectivity index (χ3v) is 1.64. The summed E-state index contributed by atoms with van der Waals surface area (Å²) in [7, 11) is 5.54. The second kappa shape index (κ2) is 2.53. The summed E-state index contributed by atoms with van der Waals surface area (Å²) in [6, 6.07) is 0. The fraction of sp³-hybridized carbons (Fsp3) is 1.00. The molecule has 10 heavy (non-hydrogen) atoms. The number of aliphatic hydroxyl groups is 2. The summed E-state index contributed by atoms with van der Waals surface area (Å²) in [4.78, 5) is 0. The van der Waals surface area contributed by atoms with Crippen molar-refractivity contribution in [3.63, 3.8) is 0 Å². The zero-order valence-electron chi connectivity index (χ0n) is 5.95. The quantitative estimate of drug-likeness (QED) is 0.462. The van der Waals surface area contributed by atoms with E-state index in [1.807, 2.05) is 0 Å². The highest BCUT2D eigenvalue weighted by molar-refractivity contribution is 6.14. The number of aliphatic hydroxyl groups excluding tert-OH is 2. The van der Waals surface area contributed by atoms with Gasteiger partial charge in [-0.2, -0.15) is 0 Å². The van der Waals surface area contributed by atoms with Crippen LogP contribution in [0.3, 0.4) is 0 Å². The largest absolute Gasteiger partial charge is 0.394 e. The van der Waals surface area contributed by atoms with E-state index in [0.717, 1.165) is 0 Å². The summed E-state index contributed by atoms with van der Waals surface area (Å²) in [5.74, 6) is 0. The standard InChI is InChI=1S/C6H11BO3/c1-6(7)2-4(9)5(3-8)10-6/h4-5,8-9H,2-3H2,1H3/t4-,5-,6+/m1/s1. The first-order valence-electron chi connectivity index (χ1n) is 3.31. The average Bonchev–Trinajstić information content (AvgIpc) is 2.05. The van der Waals surface area contributed by atoms with Crippen LogP contribution < -0.4 is 0 Å². The first kappa shape index (κ1) is 8.05. The average molecular weight is 142 g/mol. The Kier molecular flexibility index (Phi) is 2.03. The molecule has 0 aromatic rings. The van der Waals surface area contributed by atoms with Gasteiger partial charge in [0.05, 0.1) is 12.7 Å². The van der Waals surface area contributed by atoms with Gasteiger partial charge in [0.25, 0.3) is 0 Å². The van der Waals surface area contributed by atoms with Crippen LogP contribution in [0.1, 0.15) is 13.3 Å². The second-order valence-corrected chi connectivity index (χ2v) is 2.92. The highest BCUT2D eigenvalue weighted by Gasteiger charge is 2.37. The smallest absolute Gasteiger partial charge is 0.113 e. The van der Waals surface area contributed by atoms with Crippen molar-refractivity contribution in [3.8, 4) is 0 Å². The van der Waals surface area contributed by atoms with Gasteiger partial charge in [-0.15, -0.1) is 0 Å². The number of rotatable bonds is 1. The van der Waals surface area contributed by atoms with Crippen LogP contribution in [0, 0.1) is 0 Å². The predicted octanol–water partition coefficient (Wildman–Crippen LogP) is -0.987.